The van der Waals surface area contributed by atoms with Crippen molar-refractivity contribution < 1.29 is 29.0 Å². The van der Waals surface area contributed by atoms with Gasteiger partial charge < -0.3 is 14.6 Å². The van der Waals surface area contributed by atoms with E-state index in [1.165, 1.54) is 12.1 Å². The summed E-state index contributed by atoms with van der Waals surface area (Å²) in [6, 6.07) is 21.7. The van der Waals surface area contributed by atoms with Crippen molar-refractivity contribution in [1.29, 1.82) is 0 Å². The van der Waals surface area contributed by atoms with Gasteiger partial charge >= 0.3 is 0 Å². The third kappa shape index (κ3) is 7.16. The van der Waals surface area contributed by atoms with E-state index in [0.717, 1.165) is 57.4 Å². The van der Waals surface area contributed by atoms with Gasteiger partial charge in [-0.1, -0.05) is 54.6 Å². The summed E-state index contributed by atoms with van der Waals surface area (Å²) in [5.41, 5.74) is 7.04. The fourth-order valence-corrected chi connectivity index (χ4v) is 4.96. The molecule has 1 aromatic heterocycles. The number of pyridine rings is 1. The summed E-state index contributed by atoms with van der Waals surface area (Å²) in [5, 5.41) is 21.1. The van der Waals surface area contributed by atoms with Crippen LogP contribution in [0.4, 0.5) is 4.39 Å². The molecule has 8 heteroatoms. The third-order valence-electron chi connectivity index (χ3n) is 7.23. The molecule has 1 amide bonds. The second-order valence-electron chi connectivity index (χ2n) is 10.3. The molecular weight excluding hydrogens is 523 g/mol. The highest BCUT2D eigenvalue weighted by Gasteiger charge is 2.29. The zero-order valence-electron chi connectivity index (χ0n) is 22.8. The fraction of sp³-hybridized carbons (Fsp3) is 0.273. The lowest BCUT2D eigenvalue weighted by Gasteiger charge is -2.20. The van der Waals surface area contributed by atoms with Gasteiger partial charge in [0.05, 0.1) is 43.6 Å². The lowest BCUT2D eigenvalue weighted by atomic mass is 9.92. The summed E-state index contributed by atoms with van der Waals surface area (Å²) in [6.07, 6.45) is 4.05. The Hall–Kier alpha value is -4.11. The number of para-hydroxylation sites is 1. The van der Waals surface area contributed by atoms with Crippen LogP contribution in [0.15, 0.2) is 78.9 Å². The second-order valence-corrected chi connectivity index (χ2v) is 10.3. The molecular formula is C33H33FN2O5. The van der Waals surface area contributed by atoms with E-state index in [1.807, 2.05) is 54.6 Å². The summed E-state index contributed by atoms with van der Waals surface area (Å²) < 4.78 is 25.0. The highest BCUT2D eigenvalue weighted by atomic mass is 19.1. The topological polar surface area (TPSA) is 101 Å². The lowest BCUT2D eigenvalue weighted by molar-refractivity contribution is -0.133. The van der Waals surface area contributed by atoms with Gasteiger partial charge in [0, 0.05) is 28.9 Å². The molecule has 1 fully saturated rings. The molecule has 212 valence electrons. The first-order valence-corrected chi connectivity index (χ1v) is 13.7. The minimum Gasteiger partial charge on any atom is -0.497 e. The monoisotopic (exact) mass is 556 g/mol. The van der Waals surface area contributed by atoms with Gasteiger partial charge in [0.1, 0.15) is 11.6 Å². The van der Waals surface area contributed by atoms with Crippen LogP contribution < -0.4 is 10.2 Å². The number of hydrogen-bond acceptors (Lipinski definition) is 6. The first-order valence-electron chi connectivity index (χ1n) is 13.7. The average molecular weight is 557 g/mol. The van der Waals surface area contributed by atoms with Crippen LogP contribution in [0.2, 0.25) is 0 Å². The molecule has 0 spiro atoms. The highest BCUT2D eigenvalue weighted by molar-refractivity contribution is 5.99. The quantitative estimate of drug-likeness (QED) is 0.143. The van der Waals surface area contributed by atoms with Crippen molar-refractivity contribution in [3.8, 4) is 16.9 Å². The lowest BCUT2D eigenvalue weighted by Crippen LogP contribution is -2.28. The molecule has 7 nitrogen and oxygen atoms in total. The predicted octanol–water partition coefficient (Wildman–Crippen LogP) is 6.17. The number of nitrogens with one attached hydrogen (secondary N) is 1. The predicted molar refractivity (Wildman–Crippen MR) is 155 cm³/mol. The molecule has 1 aliphatic rings. The first-order chi connectivity index (χ1) is 19.9. The molecule has 0 radical (unpaired) electrons. The van der Waals surface area contributed by atoms with Gasteiger partial charge in [-0.2, -0.15) is 0 Å². The fourth-order valence-electron chi connectivity index (χ4n) is 4.96. The molecule has 0 unspecified atom stereocenters. The third-order valence-corrected chi connectivity index (χ3v) is 7.23. The number of hydroxylamine groups is 1. The van der Waals surface area contributed by atoms with E-state index in [4.69, 9.17) is 19.7 Å². The number of fused-ring (bicyclic) bond motifs is 1. The van der Waals surface area contributed by atoms with Crippen LogP contribution in [-0.2, 0) is 16.1 Å². The standard InChI is InChI=1S/C33H33FN2O5/c1-40-26-15-6-21(7-16-26)20-41-27(19-31(38)36-39)18-25(37)14-17-29-32(22-10-12-24(34)13-11-22)28-4-2-3-5-30(28)35-33(29)23-8-9-23/h2-7,10-17,23,25,27,37,39H,8-9,18-20H2,1H3,(H,36,38)/b17-14+/t25-,27-/m1/s1. The minimum atomic E-state index is -0.943. The molecule has 3 N–H and O–H groups in total. The zero-order valence-corrected chi connectivity index (χ0v) is 22.8. The van der Waals surface area contributed by atoms with Crippen LogP contribution in [0, 0.1) is 5.82 Å². The number of aromatic nitrogens is 1. The number of halogens is 1. The van der Waals surface area contributed by atoms with Gasteiger partial charge in [-0.25, -0.2) is 9.87 Å². The second kappa shape index (κ2) is 13.0. The molecule has 41 heavy (non-hydrogen) atoms. The minimum absolute atomic E-state index is 0.122. The van der Waals surface area contributed by atoms with Crippen LogP contribution in [-0.4, -0.2) is 40.5 Å². The molecule has 3 aromatic carbocycles. The van der Waals surface area contributed by atoms with E-state index in [1.54, 1.807) is 30.8 Å². The van der Waals surface area contributed by atoms with Crippen molar-refractivity contribution in [3.05, 3.63) is 102 Å². The molecule has 4 aromatic rings. The zero-order chi connectivity index (χ0) is 28.8. The Kier molecular flexibility index (Phi) is 9.04. The van der Waals surface area contributed by atoms with Crippen molar-refractivity contribution in [1.82, 2.24) is 10.5 Å². The van der Waals surface area contributed by atoms with Crippen molar-refractivity contribution in [3.63, 3.8) is 0 Å². The van der Waals surface area contributed by atoms with Crippen LogP contribution >= 0.6 is 0 Å². The van der Waals surface area contributed by atoms with E-state index < -0.39 is 18.1 Å². The van der Waals surface area contributed by atoms with Gasteiger partial charge in [-0.05, 0) is 54.3 Å². The molecule has 2 atom stereocenters. The van der Waals surface area contributed by atoms with Gasteiger partial charge in [0.2, 0.25) is 5.91 Å². The number of carbonyl (C=O) groups excluding carboxylic acids is 1. The molecule has 5 rings (SSSR count). The molecule has 0 bridgehead atoms. The number of nitrogens with zero attached hydrogens (tertiary/aromatic N) is 1. The SMILES string of the molecule is COc1ccc(CO[C@@H](CC(=O)NO)C[C@H](O)/C=C/c2c(C3CC3)nc3ccccc3c2-c2ccc(F)cc2)cc1. The van der Waals surface area contributed by atoms with Crippen LogP contribution in [0.25, 0.3) is 28.1 Å². The summed E-state index contributed by atoms with van der Waals surface area (Å²) in [4.78, 5) is 16.9. The van der Waals surface area contributed by atoms with Gasteiger partial charge in [-0.15, -0.1) is 0 Å². The molecule has 1 heterocycles. The smallest absolute Gasteiger partial charge is 0.245 e. The number of hydrogen-bond donors (Lipinski definition) is 3. The van der Waals surface area contributed by atoms with Gasteiger partial charge in [0.15, 0.2) is 0 Å². The summed E-state index contributed by atoms with van der Waals surface area (Å²) >= 11 is 0. The van der Waals surface area contributed by atoms with Crippen LogP contribution in [0.1, 0.15) is 48.4 Å². The van der Waals surface area contributed by atoms with Crippen LogP contribution in [0.3, 0.4) is 0 Å². The Morgan fingerprint density at radius 2 is 1.83 bits per heavy atom. The van der Waals surface area contributed by atoms with E-state index in [9.17, 15) is 14.3 Å². The van der Waals surface area contributed by atoms with E-state index in [0.29, 0.717) is 5.92 Å². The number of rotatable bonds is 12. The number of methoxy groups -OCH3 is 1. The Balaban J connectivity index is 1.42. The highest BCUT2D eigenvalue weighted by Crippen LogP contribution is 2.45. The number of benzene rings is 3. The Morgan fingerprint density at radius 1 is 1.10 bits per heavy atom. The molecule has 0 aliphatic heterocycles. The van der Waals surface area contributed by atoms with E-state index in [2.05, 4.69) is 0 Å². The Bertz CT molecular complexity index is 1520. The van der Waals surface area contributed by atoms with Crippen LogP contribution in [0.5, 0.6) is 5.75 Å². The van der Waals surface area contributed by atoms with Crippen molar-refractivity contribution >= 4 is 22.9 Å². The summed E-state index contributed by atoms with van der Waals surface area (Å²) in [6.45, 7) is 0.221. The first kappa shape index (κ1) is 28.4. The summed E-state index contributed by atoms with van der Waals surface area (Å²) in [7, 11) is 1.59. The normalized spacial score (nSPS) is 14.7. The van der Waals surface area contributed by atoms with Crippen molar-refractivity contribution in [2.24, 2.45) is 0 Å². The Labute approximate surface area is 238 Å². The maximum Gasteiger partial charge on any atom is 0.245 e. The van der Waals surface area contributed by atoms with E-state index in [-0.39, 0.29) is 25.3 Å². The number of ether oxygens (including phenoxy) is 2. The largest absolute Gasteiger partial charge is 0.497 e. The van der Waals surface area contributed by atoms with Crippen molar-refractivity contribution in [2.75, 3.05) is 7.11 Å². The summed E-state index contributed by atoms with van der Waals surface area (Å²) in [5.74, 6) is 0.132. The number of aliphatic hydroxyl groups is 1. The molecule has 1 aliphatic carbocycles. The number of carbonyl (C=O) groups is 1. The Morgan fingerprint density at radius 3 is 2.51 bits per heavy atom. The number of amides is 1. The average Bonchev–Trinajstić information content (AvgIpc) is 3.84. The number of aliphatic hydroxyl groups excluding tert-OH is 1. The molecule has 1 saturated carbocycles. The van der Waals surface area contributed by atoms with Crippen molar-refractivity contribution in [2.45, 2.75) is 50.4 Å². The van der Waals surface area contributed by atoms with Gasteiger partial charge in [-0.3, -0.25) is 15.0 Å². The molecule has 0 saturated heterocycles. The maximum absolute atomic E-state index is 13.8. The van der Waals surface area contributed by atoms with Gasteiger partial charge in [0.25, 0.3) is 0 Å². The maximum atomic E-state index is 13.8. The van der Waals surface area contributed by atoms with E-state index >= 15 is 0 Å².